The van der Waals surface area contributed by atoms with Crippen LogP contribution in [0.5, 0.6) is 0 Å². The highest BCUT2D eigenvalue weighted by molar-refractivity contribution is 8.05. The number of hydrogen-bond donors (Lipinski definition) is 1. The maximum absolute atomic E-state index is 11.9. The molecule has 1 unspecified atom stereocenters. The highest BCUT2D eigenvalue weighted by Gasteiger charge is 2.37. The highest BCUT2D eigenvalue weighted by atomic mass is 32.2. The van der Waals surface area contributed by atoms with Crippen molar-refractivity contribution in [2.75, 3.05) is 6.61 Å². The van der Waals surface area contributed by atoms with Gasteiger partial charge < -0.3 is 10.5 Å². The number of rotatable bonds is 3. The molecule has 0 aromatic rings. The molecule has 0 radical (unpaired) electrons. The van der Waals surface area contributed by atoms with E-state index in [2.05, 4.69) is 0 Å². The molecule has 0 saturated heterocycles. The van der Waals surface area contributed by atoms with Gasteiger partial charge in [-0.15, -0.1) is 11.8 Å². The van der Waals surface area contributed by atoms with Crippen LogP contribution in [0, 0.1) is 0 Å². The lowest BCUT2D eigenvalue weighted by Crippen LogP contribution is -2.29. The Morgan fingerprint density at radius 1 is 1.39 bits per heavy atom. The lowest BCUT2D eigenvalue weighted by molar-refractivity contribution is -0.139. The molecule has 1 amide bonds. The van der Waals surface area contributed by atoms with E-state index in [1.807, 2.05) is 24.3 Å². The minimum Gasteiger partial charge on any atom is -0.463 e. The summed E-state index contributed by atoms with van der Waals surface area (Å²) in [6.45, 7) is 2.00. The second-order valence-electron chi connectivity index (χ2n) is 3.72. The highest BCUT2D eigenvalue weighted by Crippen LogP contribution is 2.43. The molecule has 0 bridgehead atoms. The molecule has 18 heavy (non-hydrogen) atoms. The van der Waals surface area contributed by atoms with Crippen LogP contribution >= 0.6 is 11.8 Å². The SMILES string of the molecule is CCOC(=O)C1=C2C=CC=CC=C2SC1C(N)=O. The van der Waals surface area contributed by atoms with Crippen LogP contribution in [0.3, 0.4) is 0 Å². The predicted octanol–water partition coefficient (Wildman–Crippen LogP) is 1.46. The summed E-state index contributed by atoms with van der Waals surface area (Å²) in [5.41, 5.74) is 6.42. The Kier molecular flexibility index (Phi) is 3.72. The molecule has 1 aliphatic carbocycles. The summed E-state index contributed by atoms with van der Waals surface area (Å²) >= 11 is 1.29. The van der Waals surface area contributed by atoms with Gasteiger partial charge >= 0.3 is 5.97 Å². The van der Waals surface area contributed by atoms with Crippen LogP contribution in [-0.4, -0.2) is 23.7 Å². The lowest BCUT2D eigenvalue weighted by atomic mass is 10.0. The normalized spacial score (nSPS) is 21.4. The molecule has 5 heteroatoms. The van der Waals surface area contributed by atoms with Crippen molar-refractivity contribution in [1.82, 2.24) is 0 Å². The molecular weight excluding hydrogens is 250 g/mol. The second-order valence-corrected chi connectivity index (χ2v) is 4.87. The predicted molar refractivity (Wildman–Crippen MR) is 70.6 cm³/mol. The molecule has 1 atom stereocenters. The first kappa shape index (κ1) is 12.7. The number of esters is 1. The fraction of sp³-hybridized carbons (Fsp3) is 0.231. The number of hydrogen-bond acceptors (Lipinski definition) is 4. The summed E-state index contributed by atoms with van der Waals surface area (Å²) in [7, 11) is 0. The number of ether oxygens (including phenoxy) is 1. The van der Waals surface area contributed by atoms with Crippen LogP contribution in [0.4, 0.5) is 0 Å². The van der Waals surface area contributed by atoms with Gasteiger partial charge in [-0.3, -0.25) is 4.79 Å². The Labute approximate surface area is 109 Å². The van der Waals surface area contributed by atoms with E-state index in [1.54, 1.807) is 13.0 Å². The largest absolute Gasteiger partial charge is 0.463 e. The van der Waals surface area contributed by atoms with Crippen LogP contribution in [-0.2, 0) is 14.3 Å². The Morgan fingerprint density at radius 2 is 2.17 bits per heavy atom. The van der Waals surface area contributed by atoms with Crippen LogP contribution in [0.15, 0.2) is 46.4 Å². The van der Waals surface area contributed by atoms with Gasteiger partial charge in [0, 0.05) is 10.5 Å². The van der Waals surface area contributed by atoms with Crippen molar-refractivity contribution in [2.24, 2.45) is 5.73 Å². The number of fused-ring (bicyclic) bond motifs is 1. The maximum atomic E-state index is 11.9. The van der Waals surface area contributed by atoms with Gasteiger partial charge in [0.1, 0.15) is 5.25 Å². The van der Waals surface area contributed by atoms with Crippen LogP contribution < -0.4 is 5.73 Å². The molecule has 2 aliphatic rings. The first-order chi connectivity index (χ1) is 8.65. The number of amides is 1. The molecule has 2 rings (SSSR count). The van der Waals surface area contributed by atoms with Crippen LogP contribution in [0.25, 0.3) is 0 Å². The molecular formula is C13H13NO3S. The van der Waals surface area contributed by atoms with Crippen molar-refractivity contribution in [3.05, 3.63) is 46.4 Å². The number of allylic oxidation sites excluding steroid dienone is 6. The van der Waals surface area contributed by atoms with Gasteiger partial charge in [-0.2, -0.15) is 0 Å². The van der Waals surface area contributed by atoms with Gasteiger partial charge in [-0.1, -0.05) is 24.3 Å². The summed E-state index contributed by atoms with van der Waals surface area (Å²) < 4.78 is 5.00. The van der Waals surface area contributed by atoms with E-state index in [4.69, 9.17) is 10.5 Å². The molecule has 1 heterocycles. The molecule has 1 aliphatic heterocycles. The number of thioether (sulfide) groups is 1. The fourth-order valence-electron chi connectivity index (χ4n) is 1.81. The van der Waals surface area contributed by atoms with E-state index >= 15 is 0 Å². The average Bonchev–Trinajstić information content (AvgIpc) is 2.54. The Hall–Kier alpha value is -1.75. The number of carbonyl (C=O) groups excluding carboxylic acids is 2. The lowest BCUT2D eigenvalue weighted by Gasteiger charge is -2.09. The fourth-order valence-corrected chi connectivity index (χ4v) is 2.98. The Morgan fingerprint density at radius 3 is 2.83 bits per heavy atom. The third-order valence-corrected chi connectivity index (χ3v) is 3.86. The molecule has 94 valence electrons. The maximum Gasteiger partial charge on any atom is 0.336 e. The van der Waals surface area contributed by atoms with Gasteiger partial charge in [0.05, 0.1) is 12.2 Å². The molecule has 0 aromatic carbocycles. The summed E-state index contributed by atoms with van der Waals surface area (Å²) in [5.74, 6) is -0.999. The quantitative estimate of drug-likeness (QED) is 0.783. The van der Waals surface area contributed by atoms with E-state index in [-0.39, 0.29) is 6.61 Å². The van der Waals surface area contributed by atoms with E-state index in [0.29, 0.717) is 5.57 Å². The number of primary amides is 1. The van der Waals surface area contributed by atoms with Crippen LogP contribution in [0.1, 0.15) is 6.92 Å². The van der Waals surface area contributed by atoms with Gasteiger partial charge in [0.15, 0.2) is 0 Å². The summed E-state index contributed by atoms with van der Waals surface area (Å²) in [4.78, 5) is 24.3. The zero-order valence-electron chi connectivity index (χ0n) is 9.88. The second kappa shape index (κ2) is 5.27. The van der Waals surface area contributed by atoms with Crippen molar-refractivity contribution in [3.8, 4) is 0 Å². The number of carbonyl (C=O) groups is 2. The minimum absolute atomic E-state index is 0.271. The monoisotopic (exact) mass is 263 g/mol. The third-order valence-electron chi connectivity index (χ3n) is 2.55. The minimum atomic E-state index is -0.665. The van der Waals surface area contributed by atoms with E-state index < -0.39 is 17.1 Å². The van der Waals surface area contributed by atoms with Crippen molar-refractivity contribution >= 4 is 23.6 Å². The van der Waals surface area contributed by atoms with Crippen LogP contribution in [0.2, 0.25) is 0 Å². The third kappa shape index (κ3) is 2.26. The smallest absolute Gasteiger partial charge is 0.336 e. The summed E-state index contributed by atoms with van der Waals surface area (Å²) in [5, 5.41) is -0.665. The molecule has 2 N–H and O–H groups in total. The van der Waals surface area contributed by atoms with E-state index in [1.165, 1.54) is 11.8 Å². The zero-order chi connectivity index (χ0) is 13.1. The standard InChI is InChI=1S/C13H13NO3S/c1-2-17-13(16)10-8-6-4-3-5-7-9(8)18-11(10)12(14)15/h3-7,11H,2H2,1H3,(H2,14,15). The van der Waals surface area contributed by atoms with E-state index in [0.717, 1.165) is 10.5 Å². The van der Waals surface area contributed by atoms with Crippen molar-refractivity contribution in [2.45, 2.75) is 12.2 Å². The molecule has 0 spiro atoms. The van der Waals surface area contributed by atoms with Gasteiger partial charge in [0.25, 0.3) is 0 Å². The average molecular weight is 263 g/mol. The first-order valence-corrected chi connectivity index (χ1v) is 6.45. The van der Waals surface area contributed by atoms with Gasteiger partial charge in [-0.25, -0.2) is 4.79 Å². The summed E-state index contributed by atoms with van der Waals surface area (Å²) in [6.07, 6.45) is 9.21. The molecule has 4 nitrogen and oxygen atoms in total. The van der Waals surface area contributed by atoms with Crippen molar-refractivity contribution in [3.63, 3.8) is 0 Å². The van der Waals surface area contributed by atoms with Gasteiger partial charge in [0.2, 0.25) is 5.91 Å². The summed E-state index contributed by atoms with van der Waals surface area (Å²) in [6, 6.07) is 0. The number of nitrogens with two attached hydrogens (primary N) is 1. The van der Waals surface area contributed by atoms with Crippen molar-refractivity contribution in [1.29, 1.82) is 0 Å². The van der Waals surface area contributed by atoms with E-state index in [9.17, 15) is 9.59 Å². The molecule has 0 saturated carbocycles. The Bertz CT molecular complexity index is 514. The Balaban J connectivity index is 2.47. The van der Waals surface area contributed by atoms with Gasteiger partial charge in [-0.05, 0) is 13.0 Å². The molecule has 0 aromatic heterocycles. The topological polar surface area (TPSA) is 69.4 Å². The molecule has 0 fully saturated rings. The zero-order valence-corrected chi connectivity index (χ0v) is 10.7. The van der Waals surface area contributed by atoms with Crippen molar-refractivity contribution < 1.29 is 14.3 Å². The first-order valence-electron chi connectivity index (χ1n) is 5.57.